The minimum Gasteiger partial charge on any atom is -0.444 e. The molecular weight excluding hydrogens is 701 g/mol. The van der Waals surface area contributed by atoms with Gasteiger partial charge in [0.05, 0.1) is 22.7 Å². The molecule has 1 aliphatic carbocycles. The molecule has 0 saturated carbocycles. The van der Waals surface area contributed by atoms with E-state index in [2.05, 4.69) is 15.6 Å². The maximum absolute atomic E-state index is 13.4. The average molecular weight is 747 g/mol. The summed E-state index contributed by atoms with van der Waals surface area (Å²) in [7, 11) is 0. The van der Waals surface area contributed by atoms with Crippen molar-refractivity contribution in [2.24, 2.45) is 4.99 Å². The lowest BCUT2D eigenvalue weighted by Crippen LogP contribution is -2.47. The largest absolute Gasteiger partial charge is 0.444 e. The van der Waals surface area contributed by atoms with Crippen LogP contribution in [0.25, 0.3) is 0 Å². The Bertz CT molecular complexity index is 1870. The third kappa shape index (κ3) is 12.7. The summed E-state index contributed by atoms with van der Waals surface area (Å²) >= 11 is 1.32. The number of carbonyl (C=O) groups excluding carboxylic acids is 6. The molecular formula is C39H46N4O9S. The summed E-state index contributed by atoms with van der Waals surface area (Å²) in [5.41, 5.74) is 1.73. The van der Waals surface area contributed by atoms with Gasteiger partial charge < -0.3 is 19.1 Å². The van der Waals surface area contributed by atoms with E-state index in [0.29, 0.717) is 22.7 Å². The second-order valence-electron chi connectivity index (χ2n) is 14.8. The lowest BCUT2D eigenvalue weighted by Gasteiger charge is -2.23. The fraction of sp³-hybridized carbons (Fsp3) is 0.410. The van der Waals surface area contributed by atoms with Gasteiger partial charge in [-0.3, -0.25) is 25.0 Å². The smallest absolute Gasteiger partial charge is 0.414 e. The molecule has 13 nitrogen and oxygen atoms in total. The Morgan fingerprint density at radius 1 is 0.868 bits per heavy atom. The number of alkyl carbamates (subject to hydrolysis) is 2. The van der Waals surface area contributed by atoms with Crippen LogP contribution in [0.2, 0.25) is 0 Å². The SMILES string of the molecule is CC(=O)CN(Cc1csc(C(C)=O)c1)C(=O)CC1CCc2cc(OC(=O)c3ccc(N=C(NC(=O)OC(C)(C)C)NC(=O)OC(C)(C)C)cc3)ccc21. The van der Waals surface area contributed by atoms with E-state index >= 15 is 0 Å². The zero-order valence-electron chi connectivity index (χ0n) is 31.3. The summed E-state index contributed by atoms with van der Waals surface area (Å²) < 4.78 is 16.2. The van der Waals surface area contributed by atoms with Gasteiger partial charge >= 0.3 is 18.2 Å². The van der Waals surface area contributed by atoms with Crippen molar-refractivity contribution >= 4 is 58.6 Å². The number of fused-ring (bicyclic) bond motifs is 1. The molecule has 0 bridgehead atoms. The second-order valence-corrected chi connectivity index (χ2v) is 15.7. The number of hydrogen-bond acceptors (Lipinski definition) is 11. The molecule has 53 heavy (non-hydrogen) atoms. The quantitative estimate of drug-likeness (QED) is 0.0714. The molecule has 14 heteroatoms. The van der Waals surface area contributed by atoms with Gasteiger partial charge in [-0.1, -0.05) is 6.07 Å². The molecule has 1 atom stereocenters. The lowest BCUT2D eigenvalue weighted by atomic mass is 9.97. The molecule has 2 N–H and O–H groups in total. The fourth-order valence-corrected chi connectivity index (χ4v) is 6.32. The molecule has 3 aromatic rings. The number of hydrogen-bond donors (Lipinski definition) is 2. The number of amides is 3. The average Bonchev–Trinajstić information content (AvgIpc) is 3.66. The first-order valence-electron chi connectivity index (χ1n) is 17.1. The number of ether oxygens (including phenoxy) is 3. The van der Waals surface area contributed by atoms with Crippen LogP contribution in [0.4, 0.5) is 15.3 Å². The molecule has 0 spiro atoms. The van der Waals surface area contributed by atoms with E-state index in [4.69, 9.17) is 14.2 Å². The number of rotatable bonds is 10. The molecule has 0 fully saturated rings. The van der Waals surface area contributed by atoms with Gasteiger partial charge in [0.15, 0.2) is 5.78 Å². The second kappa shape index (κ2) is 17.0. The van der Waals surface area contributed by atoms with Crippen LogP contribution in [0.3, 0.4) is 0 Å². The molecule has 2 aromatic carbocycles. The van der Waals surface area contributed by atoms with Crippen molar-refractivity contribution in [3.8, 4) is 5.75 Å². The minimum atomic E-state index is -0.839. The lowest BCUT2D eigenvalue weighted by molar-refractivity contribution is -0.135. The first-order chi connectivity index (χ1) is 24.7. The molecule has 3 amide bonds. The Labute approximate surface area is 313 Å². The Balaban J connectivity index is 1.41. The predicted molar refractivity (Wildman–Crippen MR) is 200 cm³/mol. The Morgan fingerprint density at radius 2 is 1.49 bits per heavy atom. The van der Waals surface area contributed by atoms with E-state index in [-0.39, 0.29) is 54.4 Å². The first-order valence-corrected chi connectivity index (χ1v) is 18.0. The summed E-state index contributed by atoms with van der Waals surface area (Å²) in [4.78, 5) is 81.5. The van der Waals surface area contributed by atoms with Gasteiger partial charge in [-0.25, -0.2) is 19.4 Å². The zero-order valence-corrected chi connectivity index (χ0v) is 32.1. The zero-order chi connectivity index (χ0) is 39.1. The van der Waals surface area contributed by atoms with Crippen molar-refractivity contribution in [3.05, 3.63) is 81.0 Å². The van der Waals surface area contributed by atoms with Crippen LogP contribution >= 0.6 is 11.3 Å². The molecule has 1 unspecified atom stereocenters. The number of ketones is 2. The number of esters is 1. The van der Waals surface area contributed by atoms with E-state index in [9.17, 15) is 28.8 Å². The number of thiophene rings is 1. The summed E-state index contributed by atoms with van der Waals surface area (Å²) in [6.45, 7) is 13.3. The molecule has 4 rings (SSSR count). The van der Waals surface area contributed by atoms with Crippen molar-refractivity contribution in [1.29, 1.82) is 0 Å². The number of Topliss-reactive ketones (excluding diaryl/α,β-unsaturated/α-hetero) is 2. The van der Waals surface area contributed by atoms with Crippen LogP contribution < -0.4 is 15.4 Å². The highest BCUT2D eigenvalue weighted by Gasteiger charge is 2.28. The maximum atomic E-state index is 13.4. The predicted octanol–water partition coefficient (Wildman–Crippen LogP) is 7.24. The summed E-state index contributed by atoms with van der Waals surface area (Å²) in [5, 5.41) is 6.66. The van der Waals surface area contributed by atoms with Crippen molar-refractivity contribution < 1.29 is 43.0 Å². The molecule has 0 aliphatic heterocycles. The van der Waals surface area contributed by atoms with E-state index in [1.807, 2.05) is 11.4 Å². The third-order valence-corrected chi connectivity index (χ3v) is 8.75. The first kappa shape index (κ1) is 40.4. The summed E-state index contributed by atoms with van der Waals surface area (Å²) in [6.07, 6.45) is -0.0284. The molecule has 1 aliphatic rings. The van der Waals surface area contributed by atoms with E-state index < -0.39 is 29.4 Å². The molecule has 1 aromatic heterocycles. The number of nitrogens with zero attached hydrogens (tertiary/aromatic N) is 2. The minimum absolute atomic E-state index is 0.0149. The molecule has 0 radical (unpaired) electrons. The van der Waals surface area contributed by atoms with E-state index in [0.717, 1.165) is 23.1 Å². The summed E-state index contributed by atoms with van der Waals surface area (Å²) in [5.74, 6) is -0.868. The van der Waals surface area contributed by atoms with Crippen LogP contribution in [0.15, 0.2) is 58.9 Å². The van der Waals surface area contributed by atoms with Crippen molar-refractivity contribution in [2.75, 3.05) is 6.54 Å². The Kier molecular flexibility index (Phi) is 12.9. The van der Waals surface area contributed by atoms with Crippen LogP contribution in [0, 0.1) is 0 Å². The number of aryl methyl sites for hydroxylation is 1. The van der Waals surface area contributed by atoms with Gasteiger partial charge in [-0.2, -0.15) is 0 Å². The van der Waals surface area contributed by atoms with Crippen LogP contribution in [0.5, 0.6) is 5.75 Å². The highest BCUT2D eigenvalue weighted by atomic mass is 32.1. The number of benzene rings is 2. The fourth-order valence-electron chi connectivity index (χ4n) is 5.52. The normalized spacial score (nSPS) is 13.6. The maximum Gasteiger partial charge on any atom is 0.414 e. The summed E-state index contributed by atoms with van der Waals surface area (Å²) in [6, 6.07) is 13.2. The third-order valence-electron chi connectivity index (χ3n) is 7.67. The Morgan fingerprint density at radius 3 is 2.04 bits per heavy atom. The van der Waals surface area contributed by atoms with Gasteiger partial charge in [0, 0.05) is 13.0 Å². The number of aliphatic imine (C=N–C) groups is 1. The number of guanidine groups is 1. The van der Waals surface area contributed by atoms with Crippen LogP contribution in [-0.2, 0) is 32.0 Å². The molecule has 282 valence electrons. The molecule has 0 saturated heterocycles. The topological polar surface area (TPSA) is 170 Å². The highest BCUT2D eigenvalue weighted by Crippen LogP contribution is 2.38. The van der Waals surface area contributed by atoms with Gasteiger partial charge in [0.1, 0.15) is 22.7 Å². The van der Waals surface area contributed by atoms with Crippen molar-refractivity contribution in [1.82, 2.24) is 15.5 Å². The van der Waals surface area contributed by atoms with E-state index in [1.54, 1.807) is 59.7 Å². The van der Waals surface area contributed by atoms with Gasteiger partial charge in [0.25, 0.3) is 0 Å². The number of carbonyl (C=O) groups is 6. The highest BCUT2D eigenvalue weighted by molar-refractivity contribution is 7.12. The van der Waals surface area contributed by atoms with Crippen molar-refractivity contribution in [2.45, 2.75) is 98.3 Å². The van der Waals surface area contributed by atoms with Crippen LogP contribution in [0.1, 0.15) is 111 Å². The van der Waals surface area contributed by atoms with Gasteiger partial charge in [-0.15, -0.1) is 11.3 Å². The Hall–Kier alpha value is -5.37. The van der Waals surface area contributed by atoms with Gasteiger partial charge in [0.2, 0.25) is 11.9 Å². The van der Waals surface area contributed by atoms with Crippen LogP contribution in [-0.4, -0.2) is 64.2 Å². The monoisotopic (exact) mass is 746 g/mol. The molecule has 1 heterocycles. The van der Waals surface area contributed by atoms with Crippen molar-refractivity contribution in [3.63, 3.8) is 0 Å². The number of nitrogens with one attached hydrogen (secondary N) is 2. The standard InChI is InChI=1S/C39H46N4O9S/c1-23(44)20-43(21-25-17-32(24(2)45)53-22-25)33(46)19-28-10-9-27-18-30(15-16-31(27)28)50-34(47)26-11-13-29(14-12-26)40-35(41-36(48)51-38(3,4)5)42-37(49)52-39(6,7)8/h11-18,22,28H,9-10,19-21H2,1-8H3,(H2,40,41,42,48,49). The van der Waals surface area contributed by atoms with Gasteiger partial charge in [-0.05, 0) is 139 Å². The van der Waals surface area contributed by atoms with E-state index in [1.165, 1.54) is 54.3 Å².